The molecule has 1 N–H and O–H groups in total. The molecule has 23 heavy (non-hydrogen) atoms. The van der Waals surface area contributed by atoms with Gasteiger partial charge in [0.05, 0.1) is 0 Å². The van der Waals surface area contributed by atoms with Gasteiger partial charge < -0.3 is 5.11 Å². The van der Waals surface area contributed by atoms with Gasteiger partial charge in [-0.3, -0.25) is 0 Å². The van der Waals surface area contributed by atoms with Crippen molar-refractivity contribution in [1.29, 1.82) is 0 Å². The summed E-state index contributed by atoms with van der Waals surface area (Å²) in [7, 11) is 0. The Bertz CT molecular complexity index is 638. The Balaban J connectivity index is 2.40. The molecule has 0 radical (unpaired) electrons. The first-order valence-electron chi connectivity index (χ1n) is 7.70. The van der Waals surface area contributed by atoms with Crippen LogP contribution in [0.15, 0.2) is 29.9 Å². The first kappa shape index (κ1) is 17.7. The first-order chi connectivity index (χ1) is 10.6. The largest absolute Gasteiger partial charge is 0.507 e. The summed E-state index contributed by atoms with van der Waals surface area (Å²) in [4.78, 5) is 12.1. The van der Waals surface area contributed by atoms with Crippen molar-refractivity contribution in [3.8, 4) is 5.75 Å². The molecular weight excluding hydrogens is 306 g/mol. The Hall–Kier alpha value is -1.62. The van der Waals surface area contributed by atoms with Crippen LogP contribution in [-0.4, -0.2) is 20.1 Å². The van der Waals surface area contributed by atoms with Crippen molar-refractivity contribution >= 4 is 11.8 Å². The van der Waals surface area contributed by atoms with Crippen molar-refractivity contribution in [3.05, 3.63) is 41.5 Å². The van der Waals surface area contributed by atoms with Crippen LogP contribution in [0.2, 0.25) is 0 Å². The summed E-state index contributed by atoms with van der Waals surface area (Å²) in [5.74, 6) is 1.18. The van der Waals surface area contributed by atoms with Crippen LogP contribution in [0.3, 0.4) is 0 Å². The number of hydrogen-bond acceptors (Lipinski definition) is 5. The van der Waals surface area contributed by atoms with Crippen molar-refractivity contribution in [2.45, 2.75) is 63.3 Å². The van der Waals surface area contributed by atoms with Crippen LogP contribution in [0.25, 0.3) is 0 Å². The third-order valence-corrected chi connectivity index (χ3v) is 4.57. The molecule has 124 valence electrons. The lowest BCUT2D eigenvalue weighted by Crippen LogP contribution is -2.17. The predicted molar refractivity (Wildman–Crippen MR) is 94.9 cm³/mol. The maximum atomic E-state index is 10.7. The average Bonchev–Trinajstić information content (AvgIpc) is 2.44. The van der Waals surface area contributed by atoms with Crippen molar-refractivity contribution in [2.75, 3.05) is 0 Å². The number of phenolic OH excluding ortho intramolecular Hbond substituents is 1. The minimum Gasteiger partial charge on any atom is -0.507 e. The molecule has 1 heterocycles. The summed E-state index contributed by atoms with van der Waals surface area (Å²) in [6, 6.07) is 4.19. The number of hydrogen-bond donors (Lipinski definition) is 1. The van der Waals surface area contributed by atoms with E-state index in [9.17, 15) is 5.11 Å². The van der Waals surface area contributed by atoms with Crippen LogP contribution >= 0.6 is 11.8 Å². The topological polar surface area (TPSA) is 58.9 Å². The Morgan fingerprint density at radius 1 is 0.913 bits per heavy atom. The molecule has 2 aromatic rings. The SMILES string of the molecule is CC(C)(C)c1cc(CSc2ncncn2)cc(C(C)(C)C)c1O. The van der Waals surface area contributed by atoms with Gasteiger partial charge in [-0.05, 0) is 27.5 Å². The van der Waals surface area contributed by atoms with E-state index in [0.717, 1.165) is 16.9 Å². The minimum atomic E-state index is -0.113. The van der Waals surface area contributed by atoms with Crippen LogP contribution in [0.1, 0.15) is 58.2 Å². The third kappa shape index (κ3) is 4.44. The van der Waals surface area contributed by atoms with Crippen LogP contribution in [0.4, 0.5) is 0 Å². The molecule has 0 saturated heterocycles. The van der Waals surface area contributed by atoms with E-state index in [1.54, 1.807) is 11.8 Å². The molecule has 0 amide bonds. The van der Waals surface area contributed by atoms with Gasteiger partial charge in [0.1, 0.15) is 18.4 Å². The molecule has 0 spiro atoms. The molecule has 0 fully saturated rings. The smallest absolute Gasteiger partial charge is 0.190 e. The maximum absolute atomic E-state index is 10.7. The summed E-state index contributed by atoms with van der Waals surface area (Å²) in [5.41, 5.74) is 2.91. The lowest BCUT2D eigenvalue weighted by Gasteiger charge is -2.28. The molecule has 0 atom stereocenters. The Kier molecular flexibility index (Phi) is 4.99. The summed E-state index contributed by atoms with van der Waals surface area (Å²) >= 11 is 1.57. The van der Waals surface area contributed by atoms with Gasteiger partial charge in [0.25, 0.3) is 0 Å². The molecule has 4 nitrogen and oxygen atoms in total. The first-order valence-corrected chi connectivity index (χ1v) is 8.69. The fourth-order valence-corrected chi connectivity index (χ4v) is 3.08. The number of thioether (sulfide) groups is 1. The van der Waals surface area contributed by atoms with E-state index in [-0.39, 0.29) is 10.8 Å². The van der Waals surface area contributed by atoms with Crippen molar-refractivity contribution in [2.24, 2.45) is 0 Å². The van der Waals surface area contributed by atoms with Gasteiger partial charge >= 0.3 is 0 Å². The summed E-state index contributed by atoms with van der Waals surface area (Å²) < 4.78 is 0. The number of nitrogens with zero attached hydrogens (tertiary/aromatic N) is 3. The van der Waals surface area contributed by atoms with E-state index in [4.69, 9.17) is 0 Å². The number of rotatable bonds is 3. The molecule has 0 aliphatic carbocycles. The lowest BCUT2D eigenvalue weighted by molar-refractivity contribution is 0.423. The summed E-state index contributed by atoms with van der Waals surface area (Å²) in [6.07, 6.45) is 3.01. The van der Waals surface area contributed by atoms with Crippen LogP contribution < -0.4 is 0 Å². The van der Waals surface area contributed by atoms with Gasteiger partial charge in [-0.15, -0.1) is 0 Å². The molecular formula is C18H25N3OS. The highest BCUT2D eigenvalue weighted by Crippen LogP contribution is 2.40. The second-order valence-corrected chi connectivity index (χ2v) is 8.69. The molecule has 0 unspecified atom stereocenters. The quantitative estimate of drug-likeness (QED) is 0.841. The molecule has 0 aliphatic heterocycles. The molecule has 0 saturated carbocycles. The van der Waals surface area contributed by atoms with Crippen molar-refractivity contribution in [1.82, 2.24) is 15.0 Å². The van der Waals surface area contributed by atoms with Crippen molar-refractivity contribution < 1.29 is 5.11 Å². The molecule has 1 aromatic heterocycles. The number of benzene rings is 1. The van der Waals surface area contributed by atoms with Crippen molar-refractivity contribution in [3.63, 3.8) is 0 Å². The van der Waals surface area contributed by atoms with E-state index in [1.807, 2.05) is 0 Å². The fourth-order valence-electron chi connectivity index (χ4n) is 2.37. The highest BCUT2D eigenvalue weighted by Gasteiger charge is 2.26. The maximum Gasteiger partial charge on any atom is 0.190 e. The highest BCUT2D eigenvalue weighted by atomic mass is 32.2. The highest BCUT2D eigenvalue weighted by molar-refractivity contribution is 7.98. The second kappa shape index (κ2) is 6.48. The zero-order valence-electron chi connectivity index (χ0n) is 14.7. The van der Waals surface area contributed by atoms with E-state index < -0.39 is 0 Å². The van der Waals surface area contributed by atoms with Gasteiger partial charge in [0, 0.05) is 5.75 Å². The zero-order valence-corrected chi connectivity index (χ0v) is 15.5. The molecule has 2 rings (SSSR count). The summed E-state index contributed by atoms with van der Waals surface area (Å²) in [5, 5.41) is 11.4. The van der Waals surface area contributed by atoms with E-state index in [2.05, 4.69) is 68.6 Å². The average molecular weight is 331 g/mol. The Labute approximate surface area is 142 Å². The van der Waals surface area contributed by atoms with E-state index in [0.29, 0.717) is 10.9 Å². The number of phenols is 1. The van der Waals surface area contributed by atoms with E-state index in [1.165, 1.54) is 18.2 Å². The normalized spacial score (nSPS) is 12.4. The van der Waals surface area contributed by atoms with Gasteiger partial charge in [0.15, 0.2) is 5.16 Å². The monoisotopic (exact) mass is 331 g/mol. The standard InChI is InChI=1S/C18H25N3OS/c1-17(2,3)13-7-12(8-14(15(13)22)18(4,5)6)9-23-16-20-10-19-11-21-16/h7-8,10-11,22H,9H2,1-6H3. The molecule has 0 bridgehead atoms. The third-order valence-electron chi connectivity index (χ3n) is 3.62. The fraction of sp³-hybridized carbons (Fsp3) is 0.500. The number of aromatic hydroxyl groups is 1. The van der Waals surface area contributed by atoms with E-state index >= 15 is 0 Å². The minimum absolute atomic E-state index is 0.113. The lowest BCUT2D eigenvalue weighted by atomic mass is 9.78. The Morgan fingerprint density at radius 2 is 1.39 bits per heavy atom. The van der Waals surface area contributed by atoms with Gasteiger partial charge in [0.2, 0.25) is 0 Å². The zero-order chi connectivity index (χ0) is 17.3. The molecule has 5 heteroatoms. The van der Waals surface area contributed by atoms with Crippen LogP contribution in [-0.2, 0) is 16.6 Å². The summed E-state index contributed by atoms with van der Waals surface area (Å²) in [6.45, 7) is 12.7. The van der Waals surface area contributed by atoms with Crippen LogP contribution in [0, 0.1) is 0 Å². The van der Waals surface area contributed by atoms with Crippen LogP contribution in [0.5, 0.6) is 5.75 Å². The predicted octanol–water partition coefficient (Wildman–Crippen LogP) is 4.46. The Morgan fingerprint density at radius 3 is 1.83 bits per heavy atom. The van der Waals surface area contributed by atoms with Gasteiger partial charge in [-0.25, -0.2) is 15.0 Å². The second-order valence-electron chi connectivity index (χ2n) is 7.75. The molecule has 0 aliphatic rings. The van der Waals surface area contributed by atoms with Gasteiger partial charge in [-0.2, -0.15) is 0 Å². The van der Waals surface area contributed by atoms with Gasteiger partial charge in [-0.1, -0.05) is 65.4 Å². The molecule has 1 aromatic carbocycles. The number of aromatic nitrogens is 3.